The van der Waals surface area contributed by atoms with Crippen LogP contribution in [0.15, 0.2) is 24.3 Å². The van der Waals surface area contributed by atoms with Gasteiger partial charge in [0.15, 0.2) is 0 Å². The molecule has 0 amide bonds. The molecular weight excluding hydrogens is 306 g/mol. The molecule has 19 heavy (non-hydrogen) atoms. The molecule has 1 aromatic rings. The summed E-state index contributed by atoms with van der Waals surface area (Å²) in [4.78, 5) is 2.44. The molecule has 0 N–H and O–H groups in total. The summed E-state index contributed by atoms with van der Waals surface area (Å²) < 4.78 is 11.5. The Hall–Kier alpha value is -0.580. The van der Waals surface area contributed by atoms with Crippen LogP contribution < -0.4 is 4.74 Å². The Labute approximate surface area is 124 Å². The van der Waals surface area contributed by atoms with Gasteiger partial charge in [0.05, 0.1) is 18.8 Å². The first-order chi connectivity index (χ1) is 9.04. The second kappa shape index (κ2) is 6.25. The lowest BCUT2D eigenvalue weighted by Gasteiger charge is -2.42. The summed E-state index contributed by atoms with van der Waals surface area (Å²) >= 11 is 3.53. The Morgan fingerprint density at radius 2 is 2.16 bits per heavy atom. The van der Waals surface area contributed by atoms with E-state index in [-0.39, 0.29) is 11.7 Å². The van der Waals surface area contributed by atoms with Crippen molar-refractivity contribution in [2.45, 2.75) is 32.1 Å². The summed E-state index contributed by atoms with van der Waals surface area (Å²) in [6.07, 6.45) is 0.249. The highest BCUT2D eigenvalue weighted by atomic mass is 79.9. The highest BCUT2D eigenvalue weighted by molar-refractivity contribution is 9.09. The predicted molar refractivity (Wildman–Crippen MR) is 81.0 cm³/mol. The first-order valence-electron chi connectivity index (χ1n) is 6.62. The third-order valence-electron chi connectivity index (χ3n) is 3.31. The van der Waals surface area contributed by atoms with Crippen molar-refractivity contribution in [3.8, 4) is 5.75 Å². The first-order valence-corrected chi connectivity index (χ1v) is 7.74. The fraction of sp³-hybridized carbons (Fsp3) is 0.600. The summed E-state index contributed by atoms with van der Waals surface area (Å²) in [6.45, 7) is 7.09. The number of methoxy groups -OCH3 is 1. The van der Waals surface area contributed by atoms with Gasteiger partial charge in [-0.25, -0.2) is 0 Å². The van der Waals surface area contributed by atoms with E-state index in [1.807, 2.05) is 12.1 Å². The van der Waals surface area contributed by atoms with Gasteiger partial charge in [-0.2, -0.15) is 0 Å². The van der Waals surface area contributed by atoms with Crippen LogP contribution in [0.2, 0.25) is 0 Å². The lowest BCUT2D eigenvalue weighted by molar-refractivity contribution is -0.128. The van der Waals surface area contributed by atoms with Gasteiger partial charge in [0.1, 0.15) is 5.75 Å². The molecule has 1 unspecified atom stereocenters. The molecule has 1 aliphatic heterocycles. The normalized spacial score (nSPS) is 23.3. The largest absolute Gasteiger partial charge is 0.496 e. The van der Waals surface area contributed by atoms with E-state index in [0.29, 0.717) is 0 Å². The quantitative estimate of drug-likeness (QED) is 0.793. The van der Waals surface area contributed by atoms with E-state index in [1.54, 1.807) is 7.11 Å². The summed E-state index contributed by atoms with van der Waals surface area (Å²) in [5, 5.41) is 0.874. The Kier molecular flexibility index (Phi) is 4.87. The van der Waals surface area contributed by atoms with Crippen molar-refractivity contribution in [2.24, 2.45) is 0 Å². The minimum Gasteiger partial charge on any atom is -0.496 e. The fourth-order valence-corrected chi connectivity index (χ4v) is 3.03. The third kappa shape index (κ3) is 3.94. The molecule has 0 aliphatic carbocycles. The molecule has 1 aliphatic rings. The van der Waals surface area contributed by atoms with Gasteiger partial charge in [0.2, 0.25) is 0 Å². The summed E-state index contributed by atoms with van der Waals surface area (Å²) in [7, 11) is 1.73. The van der Waals surface area contributed by atoms with Gasteiger partial charge in [-0.05, 0) is 19.9 Å². The zero-order valence-corrected chi connectivity index (χ0v) is 13.4. The first kappa shape index (κ1) is 14.8. The average molecular weight is 328 g/mol. The Morgan fingerprint density at radius 3 is 2.84 bits per heavy atom. The van der Waals surface area contributed by atoms with E-state index in [2.05, 4.69) is 46.8 Å². The van der Waals surface area contributed by atoms with E-state index >= 15 is 0 Å². The van der Waals surface area contributed by atoms with Crippen LogP contribution in [0, 0.1) is 0 Å². The predicted octanol–water partition coefficient (Wildman–Crippen LogP) is 3.07. The molecule has 0 bridgehead atoms. The minimum atomic E-state index is -0.0985. The maximum Gasteiger partial charge on any atom is 0.123 e. The van der Waals surface area contributed by atoms with E-state index < -0.39 is 0 Å². The van der Waals surface area contributed by atoms with E-state index in [4.69, 9.17) is 9.47 Å². The van der Waals surface area contributed by atoms with E-state index in [9.17, 15) is 0 Å². The number of nitrogens with zero attached hydrogens (tertiary/aromatic N) is 1. The molecule has 2 rings (SSSR count). The zero-order valence-electron chi connectivity index (χ0n) is 11.9. The summed E-state index contributed by atoms with van der Waals surface area (Å²) in [5.74, 6) is 0.960. The van der Waals surface area contributed by atoms with Crippen LogP contribution in [-0.2, 0) is 11.3 Å². The maximum absolute atomic E-state index is 6.03. The Bertz CT molecular complexity index is 422. The molecule has 1 saturated heterocycles. The van der Waals surface area contributed by atoms with Gasteiger partial charge >= 0.3 is 0 Å². The molecule has 1 aromatic carbocycles. The number of hydrogen-bond acceptors (Lipinski definition) is 3. The third-order valence-corrected chi connectivity index (χ3v) is 4.03. The van der Waals surface area contributed by atoms with Gasteiger partial charge in [-0.1, -0.05) is 34.1 Å². The van der Waals surface area contributed by atoms with Crippen LogP contribution >= 0.6 is 15.9 Å². The molecule has 3 nitrogen and oxygen atoms in total. The van der Waals surface area contributed by atoms with Crippen molar-refractivity contribution in [3.05, 3.63) is 29.8 Å². The molecule has 4 heteroatoms. The number of ether oxygens (including phenoxy) is 2. The van der Waals surface area contributed by atoms with Crippen LogP contribution in [0.3, 0.4) is 0 Å². The molecule has 0 aromatic heterocycles. The van der Waals surface area contributed by atoms with Crippen LogP contribution in [0.25, 0.3) is 0 Å². The second-order valence-electron chi connectivity index (χ2n) is 5.64. The maximum atomic E-state index is 6.03. The van der Waals surface area contributed by atoms with Gasteiger partial charge < -0.3 is 9.47 Å². The molecule has 0 spiro atoms. The van der Waals surface area contributed by atoms with Gasteiger partial charge in [-0.3, -0.25) is 4.90 Å². The lowest BCUT2D eigenvalue weighted by Crippen LogP contribution is -2.52. The summed E-state index contributed by atoms with van der Waals surface area (Å²) in [6, 6.07) is 8.21. The highest BCUT2D eigenvalue weighted by Gasteiger charge is 2.32. The molecular formula is C15H22BrNO2. The minimum absolute atomic E-state index is 0.0985. The number of alkyl halides is 1. The number of para-hydroxylation sites is 1. The SMILES string of the molecule is COc1ccccc1CN1CC(CBr)OC(C)(C)C1. The molecule has 0 saturated carbocycles. The van der Waals surface area contributed by atoms with Crippen molar-refractivity contribution in [3.63, 3.8) is 0 Å². The number of halogens is 1. The standard InChI is InChI=1S/C15H22BrNO2/c1-15(2)11-17(10-13(8-16)19-15)9-12-6-4-5-7-14(12)18-3/h4-7,13H,8-11H2,1-3H3. The zero-order chi connectivity index (χ0) is 13.9. The summed E-state index contributed by atoms with van der Waals surface area (Å²) in [5.41, 5.74) is 1.13. The monoisotopic (exact) mass is 327 g/mol. The van der Waals surface area contributed by atoms with Crippen LogP contribution in [0.5, 0.6) is 5.75 Å². The van der Waals surface area contributed by atoms with Gasteiger partial charge in [-0.15, -0.1) is 0 Å². The second-order valence-corrected chi connectivity index (χ2v) is 6.28. The number of morpholine rings is 1. The van der Waals surface area contributed by atoms with Gasteiger partial charge in [0, 0.05) is 30.5 Å². The Morgan fingerprint density at radius 1 is 1.42 bits per heavy atom. The highest BCUT2D eigenvalue weighted by Crippen LogP contribution is 2.26. The van der Waals surface area contributed by atoms with Crippen molar-refractivity contribution in [2.75, 3.05) is 25.5 Å². The van der Waals surface area contributed by atoms with E-state index in [1.165, 1.54) is 5.56 Å². The fourth-order valence-electron chi connectivity index (χ4n) is 2.69. The molecule has 1 fully saturated rings. The van der Waals surface area contributed by atoms with Crippen molar-refractivity contribution >= 4 is 15.9 Å². The average Bonchev–Trinajstić information content (AvgIpc) is 2.37. The van der Waals surface area contributed by atoms with Crippen molar-refractivity contribution in [1.82, 2.24) is 4.90 Å². The number of benzene rings is 1. The topological polar surface area (TPSA) is 21.7 Å². The Balaban J connectivity index is 2.09. The smallest absolute Gasteiger partial charge is 0.123 e. The number of rotatable bonds is 4. The molecule has 106 valence electrons. The van der Waals surface area contributed by atoms with Crippen molar-refractivity contribution in [1.29, 1.82) is 0 Å². The van der Waals surface area contributed by atoms with E-state index in [0.717, 1.165) is 30.7 Å². The van der Waals surface area contributed by atoms with Gasteiger partial charge in [0.25, 0.3) is 0 Å². The number of hydrogen-bond donors (Lipinski definition) is 0. The molecule has 1 atom stereocenters. The van der Waals surface area contributed by atoms with Crippen LogP contribution in [0.4, 0.5) is 0 Å². The van der Waals surface area contributed by atoms with Crippen LogP contribution in [0.1, 0.15) is 19.4 Å². The lowest BCUT2D eigenvalue weighted by atomic mass is 10.0. The molecule has 0 radical (unpaired) electrons. The van der Waals surface area contributed by atoms with Crippen molar-refractivity contribution < 1.29 is 9.47 Å². The molecule has 1 heterocycles. The van der Waals surface area contributed by atoms with Crippen LogP contribution in [-0.4, -0.2) is 42.1 Å².